The Labute approximate surface area is 109 Å². The second kappa shape index (κ2) is 4.51. The van der Waals surface area contributed by atoms with Crippen molar-refractivity contribution in [1.29, 1.82) is 0 Å². The summed E-state index contributed by atoms with van der Waals surface area (Å²) in [5.74, 6) is 0.280. The lowest BCUT2D eigenvalue weighted by molar-refractivity contribution is 0.600. The van der Waals surface area contributed by atoms with Crippen LogP contribution >= 0.6 is 11.6 Å². The summed E-state index contributed by atoms with van der Waals surface area (Å²) < 4.78 is 26.6. The molecule has 0 radical (unpaired) electrons. The molecule has 0 saturated carbocycles. The Hall–Kier alpha value is -1.73. The molecule has 2 aromatic rings. The molecule has 0 aliphatic carbocycles. The molecule has 8 heteroatoms. The molecule has 0 unspecified atom stereocenters. The number of aromatic amines is 1. The van der Waals surface area contributed by atoms with Gasteiger partial charge in [0.05, 0.1) is 21.8 Å². The number of H-pyrrole nitrogens is 1. The van der Waals surface area contributed by atoms with E-state index in [2.05, 4.69) is 14.9 Å². The maximum atomic E-state index is 12.1. The third-order valence-corrected chi connectivity index (χ3v) is 4.16. The van der Waals surface area contributed by atoms with E-state index < -0.39 is 10.0 Å². The molecule has 6 nitrogen and oxygen atoms in total. The van der Waals surface area contributed by atoms with Gasteiger partial charge in [-0.25, -0.2) is 8.42 Å². The van der Waals surface area contributed by atoms with E-state index in [1.54, 1.807) is 6.92 Å². The number of hydrogen-bond donors (Lipinski definition) is 3. The molecule has 0 atom stereocenters. The van der Waals surface area contributed by atoms with Crippen molar-refractivity contribution in [1.82, 2.24) is 10.2 Å². The van der Waals surface area contributed by atoms with E-state index in [0.29, 0.717) is 10.6 Å². The van der Waals surface area contributed by atoms with Crippen LogP contribution in [-0.2, 0) is 10.0 Å². The predicted octanol–water partition coefficient (Wildman–Crippen LogP) is 1.75. The molecule has 0 amide bonds. The first-order valence-electron chi connectivity index (χ1n) is 4.98. The SMILES string of the molecule is Cc1cc(Cl)c(N)cc1S(=O)(=O)Nc1ccn[nH]1. The smallest absolute Gasteiger partial charge is 0.263 e. The fraction of sp³-hybridized carbons (Fsp3) is 0.100. The molecule has 0 aliphatic heterocycles. The Balaban J connectivity index is 2.44. The van der Waals surface area contributed by atoms with E-state index in [9.17, 15) is 8.42 Å². The van der Waals surface area contributed by atoms with Gasteiger partial charge in [0.2, 0.25) is 0 Å². The number of benzene rings is 1. The van der Waals surface area contributed by atoms with Crippen molar-refractivity contribution in [3.8, 4) is 0 Å². The van der Waals surface area contributed by atoms with Gasteiger partial charge in [0, 0.05) is 6.07 Å². The van der Waals surface area contributed by atoms with E-state index in [4.69, 9.17) is 17.3 Å². The quantitative estimate of drug-likeness (QED) is 0.748. The molecule has 0 spiro atoms. The number of anilines is 2. The predicted molar refractivity (Wildman–Crippen MR) is 70.0 cm³/mol. The second-order valence-electron chi connectivity index (χ2n) is 3.72. The van der Waals surface area contributed by atoms with Crippen LogP contribution in [0.5, 0.6) is 0 Å². The first-order valence-corrected chi connectivity index (χ1v) is 6.84. The minimum atomic E-state index is -3.71. The first kappa shape index (κ1) is 12.7. The number of nitrogens with one attached hydrogen (secondary N) is 2. The highest BCUT2D eigenvalue weighted by Crippen LogP contribution is 2.27. The summed E-state index contributed by atoms with van der Waals surface area (Å²) >= 11 is 5.82. The van der Waals surface area contributed by atoms with Crippen molar-refractivity contribution < 1.29 is 8.42 Å². The van der Waals surface area contributed by atoms with E-state index in [1.807, 2.05) is 0 Å². The van der Waals surface area contributed by atoms with Crippen LogP contribution in [-0.4, -0.2) is 18.6 Å². The fourth-order valence-corrected chi connectivity index (χ4v) is 2.97. The number of nitrogens with zero attached hydrogens (tertiary/aromatic N) is 1. The summed E-state index contributed by atoms with van der Waals surface area (Å²) in [5.41, 5.74) is 6.35. The average Bonchev–Trinajstić information content (AvgIpc) is 2.75. The van der Waals surface area contributed by atoms with Gasteiger partial charge in [0.1, 0.15) is 5.82 Å². The Kier molecular flexibility index (Phi) is 3.18. The van der Waals surface area contributed by atoms with E-state index in [1.165, 1.54) is 24.4 Å². The van der Waals surface area contributed by atoms with Crippen molar-refractivity contribution in [2.24, 2.45) is 0 Å². The number of aromatic nitrogens is 2. The van der Waals surface area contributed by atoms with Gasteiger partial charge in [-0.3, -0.25) is 9.82 Å². The number of nitrogen functional groups attached to an aromatic ring is 1. The van der Waals surface area contributed by atoms with Crippen LogP contribution in [0, 0.1) is 6.92 Å². The van der Waals surface area contributed by atoms with Crippen LogP contribution in [0.2, 0.25) is 5.02 Å². The molecule has 0 bridgehead atoms. The van der Waals surface area contributed by atoms with Crippen LogP contribution in [0.1, 0.15) is 5.56 Å². The summed E-state index contributed by atoms with van der Waals surface area (Å²) in [5, 5.41) is 6.49. The van der Waals surface area contributed by atoms with Gasteiger partial charge in [-0.2, -0.15) is 5.10 Å². The van der Waals surface area contributed by atoms with Gasteiger partial charge in [-0.15, -0.1) is 0 Å². The largest absolute Gasteiger partial charge is 0.397 e. The van der Waals surface area contributed by atoms with Crippen molar-refractivity contribution in [2.75, 3.05) is 10.5 Å². The molecule has 1 aromatic carbocycles. The molecular formula is C10H11ClN4O2S. The van der Waals surface area contributed by atoms with Gasteiger partial charge in [-0.1, -0.05) is 11.6 Å². The number of hydrogen-bond acceptors (Lipinski definition) is 4. The van der Waals surface area contributed by atoms with Crippen molar-refractivity contribution in [3.63, 3.8) is 0 Å². The Morgan fingerprint density at radius 3 is 2.78 bits per heavy atom. The van der Waals surface area contributed by atoms with Crippen molar-refractivity contribution in [2.45, 2.75) is 11.8 Å². The second-order valence-corrected chi connectivity index (χ2v) is 5.77. The molecule has 1 heterocycles. The Bertz CT molecular complexity index is 667. The highest BCUT2D eigenvalue weighted by Gasteiger charge is 2.19. The molecular weight excluding hydrogens is 276 g/mol. The van der Waals surface area contributed by atoms with Crippen LogP contribution in [0.4, 0.5) is 11.5 Å². The maximum absolute atomic E-state index is 12.1. The van der Waals surface area contributed by atoms with Crippen LogP contribution in [0.15, 0.2) is 29.3 Å². The highest BCUT2D eigenvalue weighted by molar-refractivity contribution is 7.92. The van der Waals surface area contributed by atoms with Gasteiger partial charge in [-0.05, 0) is 24.6 Å². The summed E-state index contributed by atoms with van der Waals surface area (Å²) in [4.78, 5) is 0.0824. The topological polar surface area (TPSA) is 101 Å². The van der Waals surface area contributed by atoms with Gasteiger partial charge >= 0.3 is 0 Å². The summed E-state index contributed by atoms with van der Waals surface area (Å²) in [6.45, 7) is 1.65. The summed E-state index contributed by atoms with van der Waals surface area (Å²) in [6.07, 6.45) is 1.45. The standard InChI is InChI=1S/C10H11ClN4O2S/c1-6-4-7(11)8(12)5-9(6)18(16,17)15-10-2-3-13-14-10/h2-5H,12H2,1H3,(H2,13,14,15). The lowest BCUT2D eigenvalue weighted by atomic mass is 10.2. The number of nitrogens with two attached hydrogens (primary N) is 1. The molecule has 2 rings (SSSR count). The Morgan fingerprint density at radius 1 is 1.44 bits per heavy atom. The zero-order valence-electron chi connectivity index (χ0n) is 9.44. The molecule has 4 N–H and O–H groups in total. The number of aryl methyl sites for hydroxylation is 1. The molecule has 0 fully saturated rings. The average molecular weight is 287 g/mol. The third-order valence-electron chi connectivity index (χ3n) is 2.33. The van der Waals surface area contributed by atoms with Gasteiger partial charge < -0.3 is 5.73 Å². The van der Waals surface area contributed by atoms with Crippen molar-refractivity contribution in [3.05, 3.63) is 35.0 Å². The highest BCUT2D eigenvalue weighted by atomic mass is 35.5. The van der Waals surface area contributed by atoms with Crippen LogP contribution in [0.3, 0.4) is 0 Å². The number of sulfonamides is 1. The monoisotopic (exact) mass is 286 g/mol. The lowest BCUT2D eigenvalue weighted by Gasteiger charge is -2.10. The van der Waals surface area contributed by atoms with Crippen LogP contribution < -0.4 is 10.5 Å². The fourth-order valence-electron chi connectivity index (χ4n) is 1.47. The Morgan fingerprint density at radius 2 is 2.17 bits per heavy atom. The molecule has 96 valence electrons. The summed E-state index contributed by atoms with van der Waals surface area (Å²) in [6, 6.07) is 4.35. The molecule has 1 aromatic heterocycles. The normalized spacial score (nSPS) is 11.4. The number of halogens is 1. The van der Waals surface area contributed by atoms with E-state index in [0.717, 1.165) is 0 Å². The van der Waals surface area contributed by atoms with E-state index >= 15 is 0 Å². The third kappa shape index (κ3) is 2.41. The first-order chi connectivity index (χ1) is 8.40. The zero-order valence-corrected chi connectivity index (χ0v) is 11.0. The lowest BCUT2D eigenvalue weighted by Crippen LogP contribution is -2.15. The minimum Gasteiger partial charge on any atom is -0.397 e. The van der Waals surface area contributed by atoms with Crippen molar-refractivity contribution >= 4 is 33.1 Å². The summed E-state index contributed by atoms with van der Waals surface area (Å²) in [7, 11) is -3.71. The molecule has 0 aliphatic rings. The number of rotatable bonds is 3. The zero-order chi connectivity index (χ0) is 13.3. The minimum absolute atomic E-state index is 0.0824. The molecule has 18 heavy (non-hydrogen) atoms. The molecule has 0 saturated heterocycles. The van der Waals surface area contributed by atoms with Crippen LogP contribution in [0.25, 0.3) is 0 Å². The maximum Gasteiger partial charge on any atom is 0.263 e. The van der Waals surface area contributed by atoms with Gasteiger partial charge in [0.25, 0.3) is 10.0 Å². The van der Waals surface area contributed by atoms with Gasteiger partial charge in [0.15, 0.2) is 0 Å². The van der Waals surface area contributed by atoms with E-state index in [-0.39, 0.29) is 16.4 Å².